The Balaban J connectivity index is 1.50. The smallest absolute Gasteiger partial charge is 0.236 e. The van der Waals surface area contributed by atoms with Crippen LogP contribution in [0.5, 0.6) is 0 Å². The molecule has 0 amide bonds. The summed E-state index contributed by atoms with van der Waals surface area (Å²) in [7, 11) is -1.57. The van der Waals surface area contributed by atoms with Gasteiger partial charge in [0.1, 0.15) is 6.10 Å². The van der Waals surface area contributed by atoms with E-state index in [1.165, 1.54) is 5.56 Å². The minimum Gasteiger partial charge on any atom is -0.372 e. The van der Waals surface area contributed by atoms with E-state index in [0.29, 0.717) is 30.8 Å². The van der Waals surface area contributed by atoms with Crippen molar-refractivity contribution in [1.29, 1.82) is 0 Å². The molecular formula is C19H23N3O3S. The number of benzene rings is 1. The zero-order chi connectivity index (χ0) is 18.1. The van der Waals surface area contributed by atoms with Gasteiger partial charge in [-0.15, -0.1) is 0 Å². The lowest BCUT2D eigenvalue weighted by Gasteiger charge is -2.30. The van der Waals surface area contributed by atoms with Gasteiger partial charge in [0.2, 0.25) is 10.0 Å². The van der Waals surface area contributed by atoms with Crippen molar-refractivity contribution in [3.63, 3.8) is 0 Å². The molecule has 0 spiro atoms. The average molecular weight is 373 g/mol. The highest BCUT2D eigenvalue weighted by atomic mass is 32.2. The quantitative estimate of drug-likeness (QED) is 0.894. The summed E-state index contributed by atoms with van der Waals surface area (Å²) in [6, 6.07) is 7.82. The summed E-state index contributed by atoms with van der Waals surface area (Å²) in [5.74, 6) is 0. The van der Waals surface area contributed by atoms with Gasteiger partial charge >= 0.3 is 0 Å². The van der Waals surface area contributed by atoms with Gasteiger partial charge < -0.3 is 9.30 Å². The minimum absolute atomic E-state index is 0.133. The normalized spacial score (nSPS) is 23.3. The Morgan fingerprint density at radius 1 is 1.27 bits per heavy atom. The lowest BCUT2D eigenvalue weighted by Crippen LogP contribution is -2.40. The van der Waals surface area contributed by atoms with Gasteiger partial charge in [0, 0.05) is 19.7 Å². The van der Waals surface area contributed by atoms with Crippen molar-refractivity contribution in [1.82, 2.24) is 14.3 Å². The summed E-state index contributed by atoms with van der Waals surface area (Å²) in [6.07, 6.45) is 7.78. The van der Waals surface area contributed by atoms with Crippen molar-refractivity contribution in [3.8, 4) is 0 Å². The number of nitrogens with zero attached hydrogens (tertiary/aromatic N) is 2. The molecule has 1 aliphatic carbocycles. The molecule has 2 aromatic rings. The molecular weight excluding hydrogens is 350 g/mol. The van der Waals surface area contributed by atoms with Crippen LogP contribution >= 0.6 is 0 Å². The van der Waals surface area contributed by atoms with Crippen LogP contribution in [0.3, 0.4) is 0 Å². The van der Waals surface area contributed by atoms with Gasteiger partial charge in [0.05, 0.1) is 23.1 Å². The molecule has 2 heterocycles. The highest BCUT2D eigenvalue weighted by Crippen LogP contribution is 2.30. The number of ether oxygens (including phenoxy) is 1. The Morgan fingerprint density at radius 2 is 2.12 bits per heavy atom. The molecule has 138 valence electrons. The molecule has 0 unspecified atom stereocenters. The van der Waals surface area contributed by atoms with Crippen LogP contribution in [0, 0.1) is 0 Å². The van der Waals surface area contributed by atoms with Crippen LogP contribution in [0.25, 0.3) is 6.08 Å². The average Bonchev–Trinajstić information content (AvgIpc) is 3.07. The predicted octanol–water partition coefficient (Wildman–Crippen LogP) is 2.55. The van der Waals surface area contributed by atoms with E-state index in [2.05, 4.69) is 15.8 Å². The Morgan fingerprint density at radius 3 is 2.92 bits per heavy atom. The summed E-state index contributed by atoms with van der Waals surface area (Å²) in [5, 5.41) is 0. The fourth-order valence-corrected chi connectivity index (χ4v) is 5.16. The maximum Gasteiger partial charge on any atom is 0.236 e. The Hall–Kier alpha value is -1.96. The molecule has 26 heavy (non-hydrogen) atoms. The first-order valence-electron chi connectivity index (χ1n) is 8.91. The second-order valence-electron chi connectivity index (χ2n) is 6.94. The number of nitrogens with one attached hydrogen (secondary N) is 1. The molecule has 0 saturated carbocycles. The maximum absolute atomic E-state index is 12.9. The molecule has 2 aliphatic rings. The molecule has 1 aromatic heterocycles. The monoisotopic (exact) mass is 373 g/mol. The molecule has 6 nitrogen and oxygen atoms in total. The molecule has 1 N–H and O–H groups in total. The molecule has 4 rings (SSSR count). The zero-order valence-electron chi connectivity index (χ0n) is 14.8. The zero-order valence-corrected chi connectivity index (χ0v) is 15.6. The first-order valence-corrected chi connectivity index (χ1v) is 10.4. The number of imidazole rings is 1. The fraction of sp³-hybridized carbons (Fsp3) is 0.421. The van der Waals surface area contributed by atoms with Gasteiger partial charge in [-0.25, -0.2) is 18.1 Å². The molecule has 7 heteroatoms. The largest absolute Gasteiger partial charge is 0.372 e. The van der Waals surface area contributed by atoms with Crippen LogP contribution < -0.4 is 4.72 Å². The van der Waals surface area contributed by atoms with E-state index >= 15 is 0 Å². The van der Waals surface area contributed by atoms with Gasteiger partial charge in [-0.2, -0.15) is 0 Å². The van der Waals surface area contributed by atoms with E-state index in [4.69, 9.17) is 4.74 Å². The van der Waals surface area contributed by atoms with Gasteiger partial charge in [-0.3, -0.25) is 0 Å². The highest BCUT2D eigenvalue weighted by molar-refractivity contribution is 7.93. The Kier molecular flexibility index (Phi) is 4.69. The number of aromatic nitrogens is 2. The third-order valence-corrected chi connectivity index (χ3v) is 6.80. The van der Waals surface area contributed by atoms with Crippen LogP contribution in [0.1, 0.15) is 42.2 Å². The van der Waals surface area contributed by atoms with Gasteiger partial charge in [-0.05, 0) is 42.9 Å². The molecule has 1 aromatic carbocycles. The van der Waals surface area contributed by atoms with E-state index < -0.39 is 10.0 Å². The van der Waals surface area contributed by atoms with E-state index in [0.717, 1.165) is 17.7 Å². The molecule has 1 fully saturated rings. The summed E-state index contributed by atoms with van der Waals surface area (Å²) in [6.45, 7) is 0.533. The Bertz CT molecular complexity index is 933. The number of aryl methyl sites for hydroxylation is 2. The summed E-state index contributed by atoms with van der Waals surface area (Å²) in [5.41, 5.74) is 3.17. The van der Waals surface area contributed by atoms with Gasteiger partial charge in [0.25, 0.3) is 0 Å². The fourth-order valence-electron chi connectivity index (χ4n) is 3.70. The van der Waals surface area contributed by atoms with E-state index in [9.17, 15) is 8.42 Å². The van der Waals surface area contributed by atoms with Crippen molar-refractivity contribution in [3.05, 3.63) is 58.5 Å². The van der Waals surface area contributed by atoms with Crippen LogP contribution in [0.15, 0.2) is 41.7 Å². The predicted molar refractivity (Wildman–Crippen MR) is 99.7 cm³/mol. The van der Waals surface area contributed by atoms with Crippen LogP contribution in [0.4, 0.5) is 0 Å². The van der Waals surface area contributed by atoms with Gasteiger partial charge in [0.15, 0.2) is 0 Å². The summed E-state index contributed by atoms with van der Waals surface area (Å²) < 4.78 is 36.4. The highest BCUT2D eigenvalue weighted by Gasteiger charge is 2.30. The van der Waals surface area contributed by atoms with Crippen LogP contribution in [-0.2, 0) is 28.2 Å². The molecule has 1 aliphatic heterocycles. The number of allylic oxidation sites excluding steroid dienone is 1. The SMILES string of the molecule is Cn1cncc1[C@H]1C[C@H](NS(=O)(=O)C2=Cc3ccccc3CC2)CCO1. The second-order valence-corrected chi connectivity index (χ2v) is 8.71. The Labute approximate surface area is 153 Å². The summed E-state index contributed by atoms with van der Waals surface area (Å²) >= 11 is 0. The van der Waals surface area contributed by atoms with E-state index in [1.54, 1.807) is 18.6 Å². The van der Waals surface area contributed by atoms with Crippen molar-refractivity contribution in [2.45, 2.75) is 37.8 Å². The van der Waals surface area contributed by atoms with Gasteiger partial charge in [-0.1, -0.05) is 24.3 Å². The molecule has 1 saturated heterocycles. The third-order valence-electron chi connectivity index (χ3n) is 5.15. The lowest BCUT2D eigenvalue weighted by atomic mass is 9.98. The number of fused-ring (bicyclic) bond motifs is 1. The van der Waals surface area contributed by atoms with Crippen molar-refractivity contribution in [2.75, 3.05) is 6.61 Å². The van der Waals surface area contributed by atoms with E-state index in [1.807, 2.05) is 29.8 Å². The van der Waals surface area contributed by atoms with E-state index in [-0.39, 0.29) is 12.1 Å². The molecule has 2 atom stereocenters. The van der Waals surface area contributed by atoms with Crippen molar-refractivity contribution < 1.29 is 13.2 Å². The number of sulfonamides is 1. The number of hydrogen-bond donors (Lipinski definition) is 1. The first kappa shape index (κ1) is 17.5. The third kappa shape index (κ3) is 3.47. The van der Waals surface area contributed by atoms with Crippen LogP contribution in [0.2, 0.25) is 0 Å². The topological polar surface area (TPSA) is 73.2 Å². The lowest BCUT2D eigenvalue weighted by molar-refractivity contribution is -0.0000110. The standard InChI is InChI=1S/C19H23N3O3S/c1-22-13-20-12-18(22)19-11-16(8-9-25-19)21-26(23,24)17-7-6-14-4-2-3-5-15(14)10-17/h2-5,10,12-13,16,19,21H,6-9,11H2,1H3/t16-,19-/m1/s1. The van der Waals surface area contributed by atoms with Crippen LogP contribution in [-0.4, -0.2) is 30.6 Å². The minimum atomic E-state index is -3.49. The first-order chi connectivity index (χ1) is 12.5. The van der Waals surface area contributed by atoms with Crippen molar-refractivity contribution in [2.24, 2.45) is 7.05 Å². The molecule has 0 bridgehead atoms. The van der Waals surface area contributed by atoms with Crippen molar-refractivity contribution >= 4 is 16.1 Å². The number of hydrogen-bond acceptors (Lipinski definition) is 4. The summed E-state index contributed by atoms with van der Waals surface area (Å²) in [4.78, 5) is 4.60. The maximum atomic E-state index is 12.9. The molecule has 0 radical (unpaired) electrons. The second kappa shape index (κ2) is 6.98. The number of rotatable bonds is 4.